The standard InChI is InChI=1S/C22H25FN2O3/c23-18-5-3-4-16(12-18)6-9-22(26)24-14-19(25-10-1-2-11-25)17-7-8-20-21(13-17)28-15-27-20/h3-5,7-8,12-13,19H,1-2,6,9-11,14-15H2,(H,24,26). The molecule has 148 valence electrons. The van der Waals surface area contributed by atoms with E-state index in [0.717, 1.165) is 35.7 Å². The Morgan fingerprint density at radius 2 is 1.93 bits per heavy atom. The number of hydrogen-bond donors (Lipinski definition) is 1. The van der Waals surface area contributed by atoms with Crippen molar-refractivity contribution in [1.82, 2.24) is 10.2 Å². The van der Waals surface area contributed by atoms with Crippen LogP contribution >= 0.6 is 0 Å². The van der Waals surface area contributed by atoms with Crippen LogP contribution in [0.5, 0.6) is 11.5 Å². The lowest BCUT2D eigenvalue weighted by molar-refractivity contribution is -0.121. The monoisotopic (exact) mass is 384 g/mol. The molecular formula is C22H25FN2O3. The number of nitrogens with zero attached hydrogens (tertiary/aromatic N) is 1. The minimum absolute atomic E-state index is 0.0193. The van der Waals surface area contributed by atoms with Crippen molar-refractivity contribution in [2.75, 3.05) is 26.4 Å². The lowest BCUT2D eigenvalue weighted by atomic mass is 10.0. The van der Waals surface area contributed by atoms with Gasteiger partial charge in [-0.2, -0.15) is 0 Å². The van der Waals surface area contributed by atoms with Gasteiger partial charge in [0.1, 0.15) is 5.82 Å². The Labute approximate surface area is 164 Å². The highest BCUT2D eigenvalue weighted by Gasteiger charge is 2.26. The summed E-state index contributed by atoms with van der Waals surface area (Å²) in [7, 11) is 0. The van der Waals surface area contributed by atoms with Gasteiger partial charge in [-0.25, -0.2) is 4.39 Å². The predicted molar refractivity (Wildman–Crippen MR) is 104 cm³/mol. The van der Waals surface area contributed by atoms with Crippen LogP contribution in [0.25, 0.3) is 0 Å². The number of fused-ring (bicyclic) bond motifs is 1. The summed E-state index contributed by atoms with van der Waals surface area (Å²) in [6, 6.07) is 12.5. The SMILES string of the molecule is O=C(CCc1cccc(F)c1)NCC(c1ccc2c(c1)OCO2)N1CCCC1. The minimum atomic E-state index is -0.269. The quantitative estimate of drug-likeness (QED) is 0.795. The molecule has 1 saturated heterocycles. The first-order valence-corrected chi connectivity index (χ1v) is 9.84. The van der Waals surface area contributed by atoms with E-state index in [2.05, 4.69) is 16.3 Å². The highest BCUT2D eigenvalue weighted by Crippen LogP contribution is 2.36. The van der Waals surface area contributed by atoms with Crippen LogP contribution in [0.3, 0.4) is 0 Å². The normalized spacial score (nSPS) is 16.9. The zero-order valence-corrected chi connectivity index (χ0v) is 15.8. The average molecular weight is 384 g/mol. The molecule has 4 rings (SSSR count). The van der Waals surface area contributed by atoms with E-state index in [9.17, 15) is 9.18 Å². The number of aryl methyl sites for hydroxylation is 1. The lowest BCUT2D eigenvalue weighted by Gasteiger charge is -2.28. The smallest absolute Gasteiger partial charge is 0.231 e. The number of hydrogen-bond acceptors (Lipinski definition) is 4. The summed E-state index contributed by atoms with van der Waals surface area (Å²) in [5.74, 6) is 1.24. The highest BCUT2D eigenvalue weighted by molar-refractivity contribution is 5.76. The van der Waals surface area contributed by atoms with Gasteiger partial charge in [-0.3, -0.25) is 9.69 Å². The van der Waals surface area contributed by atoms with E-state index < -0.39 is 0 Å². The number of carbonyl (C=O) groups is 1. The molecule has 2 heterocycles. The second-order valence-electron chi connectivity index (χ2n) is 7.31. The molecule has 5 nitrogen and oxygen atoms in total. The number of amides is 1. The lowest BCUT2D eigenvalue weighted by Crippen LogP contribution is -2.36. The van der Waals surface area contributed by atoms with Crippen molar-refractivity contribution in [3.63, 3.8) is 0 Å². The van der Waals surface area contributed by atoms with Gasteiger partial charge in [0.25, 0.3) is 0 Å². The minimum Gasteiger partial charge on any atom is -0.454 e. The maximum atomic E-state index is 13.3. The van der Waals surface area contributed by atoms with Gasteiger partial charge in [0.05, 0.1) is 6.04 Å². The van der Waals surface area contributed by atoms with Crippen LogP contribution in [0.4, 0.5) is 4.39 Å². The molecule has 2 aromatic rings. The van der Waals surface area contributed by atoms with E-state index in [4.69, 9.17) is 9.47 Å². The van der Waals surface area contributed by atoms with Crippen molar-refractivity contribution in [1.29, 1.82) is 0 Å². The molecule has 0 radical (unpaired) electrons. The summed E-state index contributed by atoms with van der Waals surface area (Å²) in [5, 5.41) is 3.06. The Hall–Kier alpha value is -2.60. The van der Waals surface area contributed by atoms with Crippen molar-refractivity contribution in [3.8, 4) is 11.5 Å². The van der Waals surface area contributed by atoms with Crippen LogP contribution in [0.15, 0.2) is 42.5 Å². The van der Waals surface area contributed by atoms with E-state index in [1.54, 1.807) is 6.07 Å². The molecule has 2 aliphatic heterocycles. The average Bonchev–Trinajstić information content (AvgIpc) is 3.38. The predicted octanol–water partition coefficient (Wildman–Crippen LogP) is 3.44. The van der Waals surface area contributed by atoms with Crippen LogP contribution < -0.4 is 14.8 Å². The van der Waals surface area contributed by atoms with Crippen molar-refractivity contribution >= 4 is 5.91 Å². The summed E-state index contributed by atoms with van der Waals surface area (Å²) >= 11 is 0. The number of nitrogens with one attached hydrogen (secondary N) is 1. The number of likely N-dealkylation sites (tertiary alicyclic amines) is 1. The molecule has 0 spiro atoms. The Morgan fingerprint density at radius 1 is 1.11 bits per heavy atom. The number of halogens is 1. The first-order valence-electron chi connectivity index (χ1n) is 9.84. The Morgan fingerprint density at radius 3 is 2.75 bits per heavy atom. The van der Waals surface area contributed by atoms with Crippen LogP contribution in [0.2, 0.25) is 0 Å². The van der Waals surface area contributed by atoms with Gasteiger partial charge < -0.3 is 14.8 Å². The van der Waals surface area contributed by atoms with E-state index in [1.807, 2.05) is 18.2 Å². The summed E-state index contributed by atoms with van der Waals surface area (Å²) in [4.78, 5) is 14.8. The number of carbonyl (C=O) groups excluding carboxylic acids is 1. The molecule has 0 aromatic heterocycles. The summed E-state index contributed by atoms with van der Waals surface area (Å²) < 4.78 is 24.2. The molecule has 2 aliphatic rings. The number of benzene rings is 2. The molecule has 0 aliphatic carbocycles. The molecule has 2 aromatic carbocycles. The molecule has 0 bridgehead atoms. The summed E-state index contributed by atoms with van der Waals surface area (Å²) in [6.07, 6.45) is 3.22. The second-order valence-corrected chi connectivity index (χ2v) is 7.31. The molecule has 1 atom stereocenters. The van der Waals surface area contributed by atoms with Crippen molar-refractivity contribution < 1.29 is 18.7 Å². The summed E-state index contributed by atoms with van der Waals surface area (Å²) in [5.41, 5.74) is 1.96. The Balaban J connectivity index is 1.38. The van der Waals surface area contributed by atoms with Gasteiger partial charge in [0.15, 0.2) is 11.5 Å². The first kappa shape index (κ1) is 18.7. The van der Waals surface area contributed by atoms with E-state index in [1.165, 1.54) is 25.0 Å². The molecular weight excluding hydrogens is 359 g/mol. The fraction of sp³-hybridized carbons (Fsp3) is 0.409. The van der Waals surface area contributed by atoms with E-state index >= 15 is 0 Å². The van der Waals surface area contributed by atoms with Crippen LogP contribution in [0.1, 0.15) is 36.4 Å². The van der Waals surface area contributed by atoms with Gasteiger partial charge in [0.2, 0.25) is 12.7 Å². The van der Waals surface area contributed by atoms with E-state index in [-0.39, 0.29) is 24.6 Å². The summed E-state index contributed by atoms with van der Waals surface area (Å²) in [6.45, 7) is 2.85. The third-order valence-corrected chi connectivity index (χ3v) is 5.39. The molecule has 1 N–H and O–H groups in total. The molecule has 0 saturated carbocycles. The van der Waals surface area contributed by atoms with Crippen LogP contribution in [0, 0.1) is 5.82 Å². The molecule has 1 amide bonds. The van der Waals surface area contributed by atoms with Gasteiger partial charge in [-0.15, -0.1) is 0 Å². The van der Waals surface area contributed by atoms with Gasteiger partial charge in [-0.05, 0) is 67.7 Å². The van der Waals surface area contributed by atoms with Crippen molar-refractivity contribution in [2.24, 2.45) is 0 Å². The van der Waals surface area contributed by atoms with Gasteiger partial charge >= 0.3 is 0 Å². The fourth-order valence-electron chi connectivity index (χ4n) is 3.88. The second kappa shape index (κ2) is 8.61. The van der Waals surface area contributed by atoms with Crippen LogP contribution in [-0.4, -0.2) is 37.2 Å². The van der Waals surface area contributed by atoms with Crippen LogP contribution in [-0.2, 0) is 11.2 Å². The first-order chi connectivity index (χ1) is 13.7. The Bertz CT molecular complexity index is 836. The molecule has 1 fully saturated rings. The fourth-order valence-corrected chi connectivity index (χ4v) is 3.88. The third-order valence-electron chi connectivity index (χ3n) is 5.39. The third kappa shape index (κ3) is 4.44. The van der Waals surface area contributed by atoms with Gasteiger partial charge in [-0.1, -0.05) is 18.2 Å². The topological polar surface area (TPSA) is 50.8 Å². The zero-order chi connectivity index (χ0) is 19.3. The maximum Gasteiger partial charge on any atom is 0.231 e. The molecule has 6 heteroatoms. The molecule has 28 heavy (non-hydrogen) atoms. The van der Waals surface area contributed by atoms with Crippen molar-refractivity contribution in [2.45, 2.75) is 31.7 Å². The highest BCUT2D eigenvalue weighted by atomic mass is 19.1. The molecule has 1 unspecified atom stereocenters. The Kier molecular flexibility index (Phi) is 5.76. The number of rotatable bonds is 7. The maximum absolute atomic E-state index is 13.3. The zero-order valence-electron chi connectivity index (χ0n) is 15.8. The van der Waals surface area contributed by atoms with E-state index in [0.29, 0.717) is 19.4 Å². The van der Waals surface area contributed by atoms with Crippen molar-refractivity contribution in [3.05, 3.63) is 59.4 Å². The van der Waals surface area contributed by atoms with Gasteiger partial charge in [0, 0.05) is 13.0 Å². The largest absolute Gasteiger partial charge is 0.454 e. The number of ether oxygens (including phenoxy) is 2.